The Hall–Kier alpha value is -1.63. The fourth-order valence-electron chi connectivity index (χ4n) is 3.33. The van der Waals surface area contributed by atoms with Crippen LogP contribution in [0.4, 0.5) is 0 Å². The van der Waals surface area contributed by atoms with Crippen LogP contribution < -0.4 is 0 Å². The van der Waals surface area contributed by atoms with Crippen molar-refractivity contribution in [2.45, 2.75) is 50.3 Å². The van der Waals surface area contributed by atoms with Gasteiger partial charge in [-0.1, -0.05) is 0 Å². The highest BCUT2D eigenvalue weighted by molar-refractivity contribution is 5.92. The van der Waals surface area contributed by atoms with Gasteiger partial charge in [0, 0.05) is 25.4 Å². The predicted octanol–water partition coefficient (Wildman–Crippen LogP) is -0.566. The lowest BCUT2D eigenvalue weighted by atomic mass is 10.1. The van der Waals surface area contributed by atoms with E-state index in [4.69, 9.17) is 0 Å². The average Bonchev–Trinajstić information content (AvgIpc) is 3.04. The molecular weight excluding hydrogens is 276 g/mol. The Labute approximate surface area is 122 Å². The summed E-state index contributed by atoms with van der Waals surface area (Å²) < 4.78 is 0. The van der Waals surface area contributed by atoms with E-state index in [2.05, 4.69) is 0 Å². The molecule has 0 aromatic heterocycles. The average molecular weight is 296 g/mol. The maximum absolute atomic E-state index is 12.6. The smallest absolute Gasteiger partial charge is 0.326 e. The molecule has 116 valence electrons. The topological polar surface area (TPSA) is 98.2 Å². The lowest BCUT2D eigenvalue weighted by molar-refractivity contribution is -0.152. The van der Waals surface area contributed by atoms with Gasteiger partial charge in [0.2, 0.25) is 11.8 Å². The van der Waals surface area contributed by atoms with Crippen LogP contribution in [0.25, 0.3) is 0 Å². The van der Waals surface area contributed by atoms with Crippen LogP contribution in [-0.4, -0.2) is 69.1 Å². The summed E-state index contributed by atoms with van der Waals surface area (Å²) in [5.74, 6) is -1.35. The van der Waals surface area contributed by atoms with Crippen molar-refractivity contribution >= 4 is 17.8 Å². The zero-order chi connectivity index (χ0) is 15.1. The van der Waals surface area contributed by atoms with Crippen LogP contribution in [0.5, 0.6) is 0 Å². The molecule has 2 saturated heterocycles. The van der Waals surface area contributed by atoms with Crippen molar-refractivity contribution in [1.29, 1.82) is 0 Å². The number of likely N-dealkylation sites (tertiary alicyclic amines) is 2. The number of aliphatic hydroxyl groups excluding tert-OH is 1. The molecule has 2 heterocycles. The zero-order valence-electron chi connectivity index (χ0n) is 11.8. The number of amides is 2. The van der Waals surface area contributed by atoms with E-state index in [0.29, 0.717) is 13.0 Å². The predicted molar refractivity (Wildman–Crippen MR) is 71.2 cm³/mol. The molecule has 0 aromatic carbocycles. The number of β-amino-alcohol motifs (C(OH)–C–C–N with tert-alkyl or cyclic N) is 1. The third-order valence-corrected chi connectivity index (χ3v) is 4.59. The Balaban J connectivity index is 1.74. The summed E-state index contributed by atoms with van der Waals surface area (Å²) in [5.41, 5.74) is 0. The Morgan fingerprint density at radius 1 is 0.952 bits per heavy atom. The summed E-state index contributed by atoms with van der Waals surface area (Å²) in [4.78, 5) is 38.9. The van der Waals surface area contributed by atoms with Crippen molar-refractivity contribution in [2.24, 2.45) is 5.92 Å². The minimum Gasteiger partial charge on any atom is -0.480 e. The molecule has 0 aromatic rings. The molecule has 2 amide bonds. The Kier molecular flexibility index (Phi) is 3.61. The van der Waals surface area contributed by atoms with Gasteiger partial charge in [-0.3, -0.25) is 9.59 Å². The number of carboxylic acids is 1. The van der Waals surface area contributed by atoms with Gasteiger partial charge in [0.1, 0.15) is 12.1 Å². The Morgan fingerprint density at radius 2 is 1.67 bits per heavy atom. The van der Waals surface area contributed by atoms with E-state index in [1.807, 2.05) is 0 Å². The second kappa shape index (κ2) is 5.29. The number of hydrogen-bond donors (Lipinski definition) is 2. The summed E-state index contributed by atoms with van der Waals surface area (Å²) in [5, 5.41) is 18.8. The van der Waals surface area contributed by atoms with E-state index in [9.17, 15) is 24.6 Å². The number of carbonyl (C=O) groups is 3. The third kappa shape index (κ3) is 2.62. The highest BCUT2D eigenvalue weighted by atomic mass is 16.4. The van der Waals surface area contributed by atoms with E-state index in [-0.39, 0.29) is 30.7 Å². The van der Waals surface area contributed by atoms with Gasteiger partial charge in [-0.25, -0.2) is 4.79 Å². The molecule has 3 aliphatic rings. The molecule has 2 aliphatic heterocycles. The molecule has 3 unspecified atom stereocenters. The first-order valence-electron chi connectivity index (χ1n) is 7.51. The van der Waals surface area contributed by atoms with Crippen molar-refractivity contribution in [3.63, 3.8) is 0 Å². The highest BCUT2D eigenvalue weighted by Crippen LogP contribution is 2.34. The minimum atomic E-state index is -1.10. The van der Waals surface area contributed by atoms with Crippen molar-refractivity contribution in [3.05, 3.63) is 0 Å². The van der Waals surface area contributed by atoms with Crippen LogP contribution in [0.15, 0.2) is 0 Å². The highest BCUT2D eigenvalue weighted by Gasteiger charge is 2.46. The number of carbonyl (C=O) groups excluding carboxylic acids is 2. The minimum absolute atomic E-state index is 0.0254. The van der Waals surface area contributed by atoms with Gasteiger partial charge in [0.05, 0.1) is 6.10 Å². The van der Waals surface area contributed by atoms with Crippen LogP contribution in [0.2, 0.25) is 0 Å². The van der Waals surface area contributed by atoms with E-state index in [1.54, 1.807) is 4.90 Å². The van der Waals surface area contributed by atoms with E-state index >= 15 is 0 Å². The van der Waals surface area contributed by atoms with Gasteiger partial charge in [-0.2, -0.15) is 0 Å². The molecule has 1 saturated carbocycles. The summed E-state index contributed by atoms with van der Waals surface area (Å²) in [6.45, 7) is 0.609. The first-order valence-corrected chi connectivity index (χ1v) is 7.51. The van der Waals surface area contributed by atoms with Crippen molar-refractivity contribution in [3.8, 4) is 0 Å². The molecule has 0 bridgehead atoms. The molecule has 0 spiro atoms. The second-order valence-electron chi connectivity index (χ2n) is 6.20. The number of rotatable bonds is 3. The maximum atomic E-state index is 12.6. The molecule has 7 heteroatoms. The summed E-state index contributed by atoms with van der Waals surface area (Å²) in [6, 6.07) is -1.53. The van der Waals surface area contributed by atoms with Crippen LogP contribution in [0.1, 0.15) is 32.1 Å². The molecular formula is C14H20N2O5. The molecule has 3 atom stereocenters. The maximum Gasteiger partial charge on any atom is 0.326 e. The molecule has 2 N–H and O–H groups in total. The Morgan fingerprint density at radius 3 is 2.29 bits per heavy atom. The summed E-state index contributed by atoms with van der Waals surface area (Å²) >= 11 is 0. The summed E-state index contributed by atoms with van der Waals surface area (Å²) in [6.07, 6.45) is 2.38. The summed E-state index contributed by atoms with van der Waals surface area (Å²) in [7, 11) is 0. The number of aliphatic hydroxyl groups is 1. The zero-order valence-corrected chi connectivity index (χ0v) is 11.8. The van der Waals surface area contributed by atoms with E-state index < -0.39 is 24.2 Å². The lowest BCUT2D eigenvalue weighted by Gasteiger charge is -2.30. The largest absolute Gasteiger partial charge is 0.480 e. The fraction of sp³-hybridized carbons (Fsp3) is 0.786. The fourth-order valence-corrected chi connectivity index (χ4v) is 3.33. The normalized spacial score (nSPS) is 32.5. The van der Waals surface area contributed by atoms with Gasteiger partial charge >= 0.3 is 5.97 Å². The van der Waals surface area contributed by atoms with Crippen molar-refractivity contribution in [2.75, 3.05) is 13.1 Å². The van der Waals surface area contributed by atoms with Crippen molar-refractivity contribution in [1.82, 2.24) is 9.80 Å². The van der Waals surface area contributed by atoms with Gasteiger partial charge in [0.25, 0.3) is 0 Å². The van der Waals surface area contributed by atoms with Gasteiger partial charge in [-0.05, 0) is 25.7 Å². The molecule has 3 rings (SSSR count). The lowest BCUT2D eigenvalue weighted by Crippen LogP contribution is -2.51. The molecule has 1 aliphatic carbocycles. The third-order valence-electron chi connectivity index (χ3n) is 4.59. The number of hydrogen-bond acceptors (Lipinski definition) is 4. The molecule has 0 radical (unpaired) electrons. The quantitative estimate of drug-likeness (QED) is 0.727. The van der Waals surface area contributed by atoms with E-state index in [0.717, 1.165) is 19.3 Å². The number of carboxylic acid groups (broad SMARTS) is 1. The van der Waals surface area contributed by atoms with Gasteiger partial charge in [0.15, 0.2) is 0 Å². The molecule has 21 heavy (non-hydrogen) atoms. The molecule has 3 fully saturated rings. The van der Waals surface area contributed by atoms with Gasteiger partial charge < -0.3 is 20.0 Å². The SMILES string of the molecule is O=C(O)C1CC(O)CN1C(=O)C1CCCN1C(=O)C1CC1. The number of nitrogens with zero attached hydrogens (tertiary/aromatic N) is 2. The number of aliphatic carboxylic acids is 1. The first kappa shape index (κ1) is 14.3. The van der Waals surface area contributed by atoms with Crippen LogP contribution in [0, 0.1) is 5.92 Å². The van der Waals surface area contributed by atoms with Gasteiger partial charge in [-0.15, -0.1) is 0 Å². The Bertz CT molecular complexity index is 476. The second-order valence-corrected chi connectivity index (χ2v) is 6.20. The van der Waals surface area contributed by atoms with Crippen LogP contribution in [-0.2, 0) is 14.4 Å². The van der Waals surface area contributed by atoms with Crippen LogP contribution >= 0.6 is 0 Å². The van der Waals surface area contributed by atoms with Crippen molar-refractivity contribution < 1.29 is 24.6 Å². The first-order chi connectivity index (χ1) is 9.99. The van der Waals surface area contributed by atoms with E-state index in [1.165, 1.54) is 4.90 Å². The standard InChI is InChI=1S/C14H20N2O5/c17-9-6-11(14(20)21)16(7-9)13(19)10-2-1-5-15(10)12(18)8-3-4-8/h8-11,17H,1-7H2,(H,20,21). The molecule has 7 nitrogen and oxygen atoms in total. The van der Waals surface area contributed by atoms with Crippen LogP contribution in [0.3, 0.4) is 0 Å². The monoisotopic (exact) mass is 296 g/mol.